The fourth-order valence-electron chi connectivity index (χ4n) is 2.33. The number of carboxylic acids is 1. The summed E-state index contributed by atoms with van der Waals surface area (Å²) in [6.07, 6.45) is 2.07. The molecular formula is C16H20N2O3. The van der Waals surface area contributed by atoms with Crippen molar-refractivity contribution in [2.24, 2.45) is 5.92 Å². The molecule has 5 heteroatoms. The third kappa shape index (κ3) is 3.24. The summed E-state index contributed by atoms with van der Waals surface area (Å²) in [6.45, 7) is 5.30. The maximum absolute atomic E-state index is 12.1. The minimum absolute atomic E-state index is 0.169. The summed E-state index contributed by atoms with van der Waals surface area (Å²) in [5.74, 6) is -1.69. The van der Waals surface area contributed by atoms with Crippen molar-refractivity contribution in [3.63, 3.8) is 0 Å². The highest BCUT2D eigenvalue weighted by atomic mass is 16.4. The number of carboxylic acid groups (broad SMARTS) is 1. The molecule has 0 aliphatic carbocycles. The average molecular weight is 288 g/mol. The number of H-pyrrole nitrogens is 1. The van der Waals surface area contributed by atoms with E-state index in [0.29, 0.717) is 0 Å². The van der Waals surface area contributed by atoms with Gasteiger partial charge in [-0.15, -0.1) is 0 Å². The van der Waals surface area contributed by atoms with Crippen LogP contribution >= 0.6 is 0 Å². The number of aromatic amines is 1. The molecule has 1 aromatic carbocycles. The number of aryl methyl sites for hydroxylation is 1. The second kappa shape index (κ2) is 5.99. The largest absolute Gasteiger partial charge is 0.481 e. The average Bonchev–Trinajstić information content (AvgIpc) is 2.82. The summed E-state index contributed by atoms with van der Waals surface area (Å²) in [7, 11) is 0. The number of amides is 1. The highest BCUT2D eigenvalue weighted by Crippen LogP contribution is 2.21. The van der Waals surface area contributed by atoms with Crippen molar-refractivity contribution in [2.75, 3.05) is 0 Å². The van der Waals surface area contributed by atoms with Crippen LogP contribution in [0.2, 0.25) is 0 Å². The second-order valence-corrected chi connectivity index (χ2v) is 5.47. The molecule has 1 heterocycles. The highest BCUT2D eigenvalue weighted by molar-refractivity contribution is 5.90. The molecular weight excluding hydrogens is 268 g/mol. The van der Waals surface area contributed by atoms with E-state index in [1.54, 1.807) is 13.8 Å². The molecule has 2 unspecified atom stereocenters. The van der Waals surface area contributed by atoms with Crippen molar-refractivity contribution < 1.29 is 14.7 Å². The van der Waals surface area contributed by atoms with Gasteiger partial charge in [-0.05, 0) is 31.9 Å². The predicted molar refractivity (Wildman–Crippen MR) is 81.1 cm³/mol. The smallest absolute Gasteiger partial charge is 0.308 e. The van der Waals surface area contributed by atoms with E-state index in [9.17, 15) is 9.59 Å². The number of rotatable bonds is 5. The molecule has 112 valence electrons. The first-order valence-electron chi connectivity index (χ1n) is 6.98. The van der Waals surface area contributed by atoms with Crippen molar-refractivity contribution in [3.05, 3.63) is 35.5 Å². The zero-order chi connectivity index (χ0) is 15.6. The van der Waals surface area contributed by atoms with E-state index in [2.05, 4.69) is 10.3 Å². The molecule has 2 rings (SSSR count). The monoisotopic (exact) mass is 288 g/mol. The lowest BCUT2D eigenvalue weighted by Gasteiger charge is -2.17. The molecule has 0 radical (unpaired) electrons. The van der Waals surface area contributed by atoms with Gasteiger partial charge in [0.25, 0.3) is 0 Å². The number of carbonyl (C=O) groups is 2. The van der Waals surface area contributed by atoms with Gasteiger partial charge in [-0.3, -0.25) is 9.59 Å². The van der Waals surface area contributed by atoms with Crippen LogP contribution in [0.25, 0.3) is 10.9 Å². The fourth-order valence-corrected chi connectivity index (χ4v) is 2.33. The summed E-state index contributed by atoms with van der Waals surface area (Å²) >= 11 is 0. The Kier molecular flexibility index (Phi) is 4.31. The Balaban J connectivity index is 2.08. The molecule has 2 atom stereocenters. The summed E-state index contributed by atoms with van der Waals surface area (Å²) in [6, 6.07) is 5.55. The van der Waals surface area contributed by atoms with Crippen LogP contribution in [0, 0.1) is 12.8 Å². The van der Waals surface area contributed by atoms with Gasteiger partial charge in [0.2, 0.25) is 5.91 Å². The lowest BCUT2D eigenvalue weighted by molar-refractivity contribution is -0.142. The number of hydrogen-bond donors (Lipinski definition) is 3. The summed E-state index contributed by atoms with van der Waals surface area (Å²) in [4.78, 5) is 26.1. The van der Waals surface area contributed by atoms with E-state index in [1.165, 1.54) is 0 Å². The number of carbonyl (C=O) groups excluding carboxylic acids is 1. The van der Waals surface area contributed by atoms with Gasteiger partial charge in [0.05, 0.1) is 12.3 Å². The fraction of sp³-hybridized carbons (Fsp3) is 0.375. The molecule has 1 aromatic heterocycles. The van der Waals surface area contributed by atoms with Crippen molar-refractivity contribution in [1.82, 2.24) is 10.3 Å². The number of aliphatic carboxylic acids is 1. The molecule has 0 aliphatic rings. The molecule has 0 saturated heterocycles. The zero-order valence-electron chi connectivity index (χ0n) is 12.4. The first-order valence-corrected chi connectivity index (χ1v) is 6.98. The van der Waals surface area contributed by atoms with Crippen molar-refractivity contribution in [1.29, 1.82) is 0 Å². The third-order valence-corrected chi connectivity index (χ3v) is 3.89. The molecule has 0 saturated carbocycles. The number of para-hydroxylation sites is 1. The SMILES string of the molecule is Cc1cccc2c(CC(=O)NC(C)C(C)C(=O)O)c[nH]c12. The van der Waals surface area contributed by atoms with Crippen LogP contribution in [0.4, 0.5) is 0 Å². The van der Waals surface area contributed by atoms with Crippen molar-refractivity contribution in [3.8, 4) is 0 Å². The molecule has 2 aromatic rings. The molecule has 3 N–H and O–H groups in total. The van der Waals surface area contributed by atoms with Crippen molar-refractivity contribution in [2.45, 2.75) is 33.2 Å². The molecule has 21 heavy (non-hydrogen) atoms. The predicted octanol–water partition coefficient (Wildman–Crippen LogP) is 2.24. The standard InChI is InChI=1S/C16H20N2O3/c1-9-5-4-6-13-12(8-17-15(9)13)7-14(19)18-11(3)10(2)16(20)21/h4-6,8,10-11,17H,7H2,1-3H3,(H,18,19)(H,20,21). The molecule has 0 fully saturated rings. The second-order valence-electron chi connectivity index (χ2n) is 5.47. The van der Waals surface area contributed by atoms with Crippen LogP contribution in [0.5, 0.6) is 0 Å². The Bertz CT molecular complexity index is 675. The Hall–Kier alpha value is -2.30. The maximum Gasteiger partial charge on any atom is 0.308 e. The van der Waals surface area contributed by atoms with Gasteiger partial charge in [0.15, 0.2) is 0 Å². The van der Waals surface area contributed by atoms with E-state index in [1.807, 2.05) is 31.3 Å². The number of hydrogen-bond acceptors (Lipinski definition) is 2. The highest BCUT2D eigenvalue weighted by Gasteiger charge is 2.21. The van der Waals surface area contributed by atoms with Gasteiger partial charge >= 0.3 is 5.97 Å². The van der Waals surface area contributed by atoms with E-state index in [4.69, 9.17) is 5.11 Å². The lowest BCUT2D eigenvalue weighted by Crippen LogP contribution is -2.40. The first kappa shape index (κ1) is 15.1. The normalized spacial score (nSPS) is 13.9. The van der Waals surface area contributed by atoms with Crippen LogP contribution in [-0.4, -0.2) is 28.0 Å². The Morgan fingerprint density at radius 2 is 2.05 bits per heavy atom. The quantitative estimate of drug-likeness (QED) is 0.789. The third-order valence-electron chi connectivity index (χ3n) is 3.89. The van der Waals surface area contributed by atoms with Crippen molar-refractivity contribution >= 4 is 22.8 Å². The van der Waals surface area contributed by atoms with Gasteiger partial charge in [-0.25, -0.2) is 0 Å². The van der Waals surface area contributed by atoms with Crippen LogP contribution in [-0.2, 0) is 16.0 Å². The summed E-state index contributed by atoms with van der Waals surface area (Å²) in [5, 5.41) is 12.7. The minimum Gasteiger partial charge on any atom is -0.481 e. The Morgan fingerprint density at radius 1 is 1.33 bits per heavy atom. The topological polar surface area (TPSA) is 82.2 Å². The Labute approximate surface area is 123 Å². The molecule has 0 spiro atoms. The van der Waals surface area contributed by atoms with Crippen LogP contribution in [0.1, 0.15) is 25.0 Å². The number of nitrogens with one attached hydrogen (secondary N) is 2. The zero-order valence-corrected chi connectivity index (χ0v) is 12.4. The number of benzene rings is 1. The molecule has 0 aliphatic heterocycles. The van der Waals surface area contributed by atoms with E-state index >= 15 is 0 Å². The number of aromatic nitrogens is 1. The van der Waals surface area contributed by atoms with E-state index < -0.39 is 17.9 Å². The number of fused-ring (bicyclic) bond motifs is 1. The van der Waals surface area contributed by atoms with Gasteiger partial charge in [-0.2, -0.15) is 0 Å². The van der Waals surface area contributed by atoms with Crippen LogP contribution in [0.15, 0.2) is 24.4 Å². The van der Waals surface area contributed by atoms with Gasteiger partial charge < -0.3 is 15.4 Å². The molecule has 0 bridgehead atoms. The maximum atomic E-state index is 12.1. The van der Waals surface area contributed by atoms with Crippen LogP contribution in [0.3, 0.4) is 0 Å². The van der Waals surface area contributed by atoms with E-state index in [0.717, 1.165) is 22.0 Å². The summed E-state index contributed by atoms with van der Waals surface area (Å²) < 4.78 is 0. The molecule has 1 amide bonds. The minimum atomic E-state index is -0.912. The molecule has 5 nitrogen and oxygen atoms in total. The summed E-state index contributed by atoms with van der Waals surface area (Å²) in [5.41, 5.74) is 3.08. The Morgan fingerprint density at radius 3 is 2.71 bits per heavy atom. The first-order chi connectivity index (χ1) is 9.90. The van der Waals surface area contributed by atoms with Crippen LogP contribution < -0.4 is 5.32 Å². The van der Waals surface area contributed by atoms with Gasteiger partial charge in [-0.1, -0.05) is 18.2 Å². The lowest BCUT2D eigenvalue weighted by atomic mass is 10.0. The van der Waals surface area contributed by atoms with Gasteiger partial charge in [0.1, 0.15) is 0 Å². The van der Waals surface area contributed by atoms with E-state index in [-0.39, 0.29) is 12.3 Å². The van der Waals surface area contributed by atoms with Gasteiger partial charge in [0, 0.05) is 23.1 Å².